The normalized spacial score (nSPS) is 12.7. The number of aryl methyl sites for hydroxylation is 1. The standard InChI is InChI=1S/C16H21NO4S2/c1-3-21-13(2)12-16-17(10-6-7-11-23(18,19)20)14-8-4-5-9-15(14)22-16/h4-5,8-9,12H,3,6-7,10-11H2,1-2H3/p+1/b13-12+. The number of thiazole rings is 1. The first-order chi connectivity index (χ1) is 10.9. The maximum atomic E-state index is 10.8. The highest BCUT2D eigenvalue weighted by atomic mass is 32.2. The number of fused-ring (bicyclic) bond motifs is 1. The fourth-order valence-corrected chi connectivity index (χ4v) is 4.14. The Bertz CT molecular complexity index is 794. The van der Waals surface area contributed by atoms with Crippen LogP contribution in [0.4, 0.5) is 0 Å². The summed E-state index contributed by atoms with van der Waals surface area (Å²) in [5.41, 5.74) is 1.12. The van der Waals surface area contributed by atoms with E-state index in [4.69, 9.17) is 9.29 Å². The van der Waals surface area contributed by atoms with Gasteiger partial charge in [0.2, 0.25) is 5.52 Å². The number of hydrogen-bond donors (Lipinski definition) is 1. The number of aromatic nitrogens is 1. The van der Waals surface area contributed by atoms with E-state index in [1.165, 1.54) is 4.70 Å². The third kappa shape index (κ3) is 5.30. The van der Waals surface area contributed by atoms with Crippen molar-refractivity contribution in [3.05, 3.63) is 35.0 Å². The van der Waals surface area contributed by atoms with Crippen molar-refractivity contribution in [3.63, 3.8) is 0 Å². The summed E-state index contributed by atoms with van der Waals surface area (Å²) in [6, 6.07) is 8.13. The smallest absolute Gasteiger partial charge is 0.266 e. The summed E-state index contributed by atoms with van der Waals surface area (Å²) in [6.07, 6.45) is 3.13. The van der Waals surface area contributed by atoms with Gasteiger partial charge in [-0.1, -0.05) is 23.5 Å². The van der Waals surface area contributed by atoms with Gasteiger partial charge >= 0.3 is 0 Å². The average Bonchev–Trinajstić information content (AvgIpc) is 2.80. The topological polar surface area (TPSA) is 67.5 Å². The number of hydrogen-bond acceptors (Lipinski definition) is 4. The molecule has 0 fully saturated rings. The van der Waals surface area contributed by atoms with E-state index in [2.05, 4.69) is 16.7 Å². The maximum Gasteiger partial charge on any atom is 0.266 e. The highest BCUT2D eigenvalue weighted by Crippen LogP contribution is 2.22. The highest BCUT2D eigenvalue weighted by Gasteiger charge is 2.19. The average molecular weight is 356 g/mol. The molecule has 1 aromatic carbocycles. The van der Waals surface area contributed by atoms with E-state index in [-0.39, 0.29) is 5.75 Å². The first kappa shape index (κ1) is 17.9. The molecule has 0 aliphatic carbocycles. The van der Waals surface area contributed by atoms with Gasteiger partial charge in [0.25, 0.3) is 15.1 Å². The number of rotatable bonds is 8. The Labute approximate surface area is 141 Å². The molecule has 5 nitrogen and oxygen atoms in total. The van der Waals surface area contributed by atoms with Crippen LogP contribution in [0, 0.1) is 0 Å². The summed E-state index contributed by atoms with van der Waals surface area (Å²) < 4.78 is 39.3. The Kier molecular flexibility index (Phi) is 6.15. The second-order valence-corrected chi connectivity index (χ2v) is 7.88. The van der Waals surface area contributed by atoms with Crippen molar-refractivity contribution in [1.82, 2.24) is 0 Å². The summed E-state index contributed by atoms with van der Waals surface area (Å²) in [7, 11) is -3.88. The molecule has 0 radical (unpaired) electrons. The Morgan fingerprint density at radius 1 is 1.35 bits per heavy atom. The number of nitrogens with zero attached hydrogens (tertiary/aromatic N) is 1. The zero-order chi connectivity index (χ0) is 16.9. The number of allylic oxidation sites excluding steroid dienone is 1. The summed E-state index contributed by atoms with van der Waals surface area (Å²) in [4.78, 5) is 0. The summed E-state index contributed by atoms with van der Waals surface area (Å²) in [5, 5.41) is 1.07. The van der Waals surface area contributed by atoms with Gasteiger partial charge in [-0.3, -0.25) is 4.55 Å². The molecule has 0 atom stereocenters. The van der Waals surface area contributed by atoms with E-state index >= 15 is 0 Å². The molecule has 1 aromatic heterocycles. The minimum absolute atomic E-state index is 0.196. The molecule has 0 amide bonds. The Morgan fingerprint density at radius 3 is 2.78 bits per heavy atom. The molecule has 0 saturated heterocycles. The zero-order valence-electron chi connectivity index (χ0n) is 13.4. The third-order valence-corrected chi connectivity index (χ3v) is 5.29. The number of para-hydroxylation sites is 1. The molecule has 2 rings (SSSR count). The molecule has 1 heterocycles. The quantitative estimate of drug-likeness (QED) is 0.341. The van der Waals surface area contributed by atoms with Gasteiger partial charge in [0.05, 0.1) is 18.4 Å². The number of unbranched alkanes of at least 4 members (excludes halogenated alkanes) is 1. The molecular formula is C16H22NO4S2+. The van der Waals surface area contributed by atoms with Crippen molar-refractivity contribution in [2.24, 2.45) is 0 Å². The lowest BCUT2D eigenvalue weighted by Gasteiger charge is -2.01. The monoisotopic (exact) mass is 356 g/mol. The van der Waals surface area contributed by atoms with Crippen LogP contribution in [0.2, 0.25) is 0 Å². The van der Waals surface area contributed by atoms with Crippen LogP contribution in [0.1, 0.15) is 31.7 Å². The van der Waals surface area contributed by atoms with E-state index in [0.29, 0.717) is 26.0 Å². The molecule has 0 aliphatic heterocycles. The van der Waals surface area contributed by atoms with Crippen molar-refractivity contribution < 1.29 is 22.3 Å². The zero-order valence-corrected chi connectivity index (χ0v) is 15.0. The Balaban J connectivity index is 2.23. The first-order valence-electron chi connectivity index (χ1n) is 7.58. The number of benzene rings is 1. The minimum Gasteiger partial charge on any atom is -0.498 e. The van der Waals surface area contributed by atoms with Gasteiger partial charge in [-0.2, -0.15) is 13.0 Å². The molecule has 7 heteroatoms. The van der Waals surface area contributed by atoms with Crippen LogP contribution < -0.4 is 4.57 Å². The van der Waals surface area contributed by atoms with E-state index in [1.54, 1.807) is 11.3 Å². The molecule has 0 bridgehead atoms. The maximum absolute atomic E-state index is 10.8. The van der Waals surface area contributed by atoms with Crippen LogP contribution >= 0.6 is 11.3 Å². The molecule has 2 aromatic rings. The van der Waals surface area contributed by atoms with E-state index in [0.717, 1.165) is 16.3 Å². The second-order valence-electron chi connectivity index (χ2n) is 5.24. The van der Waals surface area contributed by atoms with E-state index < -0.39 is 10.1 Å². The highest BCUT2D eigenvalue weighted by molar-refractivity contribution is 7.85. The van der Waals surface area contributed by atoms with Crippen LogP contribution in [-0.4, -0.2) is 25.3 Å². The van der Waals surface area contributed by atoms with Crippen molar-refractivity contribution in [2.45, 2.75) is 33.2 Å². The summed E-state index contributed by atoms with van der Waals surface area (Å²) in [6.45, 7) is 5.20. The first-order valence-corrected chi connectivity index (χ1v) is 10.0. The molecule has 0 saturated carbocycles. The van der Waals surface area contributed by atoms with Gasteiger partial charge in [-0.15, -0.1) is 0 Å². The van der Waals surface area contributed by atoms with Crippen molar-refractivity contribution in [1.29, 1.82) is 0 Å². The van der Waals surface area contributed by atoms with Gasteiger partial charge in [0.1, 0.15) is 10.5 Å². The Morgan fingerprint density at radius 2 is 2.09 bits per heavy atom. The predicted octanol–water partition coefficient (Wildman–Crippen LogP) is 3.25. The van der Waals surface area contributed by atoms with Crippen molar-refractivity contribution >= 4 is 37.7 Å². The summed E-state index contributed by atoms with van der Waals surface area (Å²) in [5.74, 6) is 0.657. The van der Waals surface area contributed by atoms with Crippen LogP contribution in [0.5, 0.6) is 0 Å². The largest absolute Gasteiger partial charge is 0.498 e. The molecule has 23 heavy (non-hydrogen) atoms. The van der Waals surface area contributed by atoms with Gasteiger partial charge in [0.15, 0.2) is 6.54 Å². The van der Waals surface area contributed by atoms with Crippen LogP contribution in [-0.2, 0) is 21.4 Å². The fourth-order valence-electron chi connectivity index (χ4n) is 2.39. The lowest BCUT2D eigenvalue weighted by Crippen LogP contribution is -2.35. The summed E-state index contributed by atoms with van der Waals surface area (Å²) >= 11 is 1.68. The SMILES string of the molecule is CCO/C(C)=C/c1sc2ccccc2[n+]1CCCCS(=O)(=O)O. The third-order valence-electron chi connectivity index (χ3n) is 3.37. The lowest BCUT2D eigenvalue weighted by molar-refractivity contribution is -0.669. The van der Waals surface area contributed by atoms with Crippen LogP contribution in [0.3, 0.4) is 0 Å². The lowest BCUT2D eigenvalue weighted by atomic mass is 10.3. The Hall–Kier alpha value is -1.44. The van der Waals surface area contributed by atoms with Crippen molar-refractivity contribution in [2.75, 3.05) is 12.4 Å². The molecule has 1 N–H and O–H groups in total. The van der Waals surface area contributed by atoms with Gasteiger partial charge < -0.3 is 4.74 Å². The number of ether oxygens (including phenoxy) is 1. The van der Waals surface area contributed by atoms with Gasteiger partial charge in [-0.05, 0) is 26.3 Å². The molecular weight excluding hydrogens is 334 g/mol. The predicted molar refractivity (Wildman–Crippen MR) is 92.9 cm³/mol. The molecule has 0 unspecified atom stereocenters. The molecule has 0 spiro atoms. The molecule has 126 valence electrons. The van der Waals surface area contributed by atoms with Gasteiger partial charge in [0, 0.05) is 12.5 Å². The van der Waals surface area contributed by atoms with Crippen LogP contribution in [0.25, 0.3) is 16.3 Å². The fraction of sp³-hybridized carbons (Fsp3) is 0.438. The van der Waals surface area contributed by atoms with Gasteiger partial charge in [-0.25, -0.2) is 0 Å². The van der Waals surface area contributed by atoms with Crippen molar-refractivity contribution in [3.8, 4) is 0 Å². The van der Waals surface area contributed by atoms with Crippen LogP contribution in [0.15, 0.2) is 30.0 Å². The van der Waals surface area contributed by atoms with E-state index in [9.17, 15) is 8.42 Å². The minimum atomic E-state index is -3.88. The molecule has 0 aliphatic rings. The second kappa shape index (κ2) is 7.90. The van der Waals surface area contributed by atoms with E-state index in [1.807, 2.05) is 32.1 Å².